The van der Waals surface area contributed by atoms with E-state index in [0.717, 1.165) is 13.1 Å². The summed E-state index contributed by atoms with van der Waals surface area (Å²) in [5.41, 5.74) is 0. The molecule has 1 unspecified atom stereocenters. The monoisotopic (exact) mass is 227 g/mol. The normalized spacial score (nSPS) is 14.0. The summed E-state index contributed by atoms with van der Waals surface area (Å²) in [4.78, 5) is 2.32. The second kappa shape index (κ2) is 6.22. The van der Waals surface area contributed by atoms with Crippen LogP contribution in [0.5, 0.6) is 0 Å². The first-order chi connectivity index (χ1) is 6.77. The molecule has 0 saturated carbocycles. The number of alkyl halides is 1. The number of hydrogen-bond donors (Lipinski definition) is 0. The fourth-order valence-electron chi connectivity index (χ4n) is 1.56. The number of rotatable bonds is 5. The zero-order chi connectivity index (χ0) is 10.4. The summed E-state index contributed by atoms with van der Waals surface area (Å²) in [6, 6.07) is 10.6. The van der Waals surface area contributed by atoms with Crippen LogP contribution in [-0.4, -0.2) is 32.6 Å². The van der Waals surface area contributed by atoms with E-state index in [1.165, 1.54) is 5.19 Å². The molecule has 1 aromatic rings. The summed E-state index contributed by atoms with van der Waals surface area (Å²) in [5, 5.41) is 1.70. The van der Waals surface area contributed by atoms with Gasteiger partial charge < -0.3 is 0 Å². The van der Waals surface area contributed by atoms with Crippen molar-refractivity contribution in [1.29, 1.82) is 0 Å². The Labute approximate surface area is 93.9 Å². The van der Waals surface area contributed by atoms with Crippen molar-refractivity contribution in [2.24, 2.45) is 0 Å². The highest BCUT2D eigenvalue weighted by Crippen LogP contribution is 2.02. The van der Waals surface area contributed by atoms with Gasteiger partial charge in [-0.1, -0.05) is 49.4 Å². The van der Waals surface area contributed by atoms with Crippen molar-refractivity contribution >= 4 is 26.3 Å². The molecule has 14 heavy (non-hydrogen) atoms. The van der Waals surface area contributed by atoms with Gasteiger partial charge in [-0.3, -0.25) is 4.90 Å². The Morgan fingerprint density at radius 1 is 1.21 bits per heavy atom. The van der Waals surface area contributed by atoms with Crippen LogP contribution in [0, 0.1) is 0 Å². The van der Waals surface area contributed by atoms with Crippen molar-refractivity contribution in [2.75, 3.05) is 13.1 Å². The summed E-state index contributed by atoms with van der Waals surface area (Å²) in [6.07, 6.45) is 0. The minimum Gasteiger partial charge on any atom is -0.291 e. The van der Waals surface area contributed by atoms with Gasteiger partial charge in [0.25, 0.3) is 0 Å². The van der Waals surface area contributed by atoms with Crippen LogP contribution in [0.4, 0.5) is 0 Å². The third-order valence-corrected chi connectivity index (χ3v) is 4.99. The smallest absolute Gasteiger partial charge is 0.0930 e. The molecule has 1 aromatic carbocycles. The predicted octanol–water partition coefficient (Wildman–Crippen LogP) is 1.34. The molecule has 0 fully saturated rings. The maximum absolute atomic E-state index is 6.37. The molecule has 1 rings (SSSR count). The van der Waals surface area contributed by atoms with Crippen molar-refractivity contribution in [1.82, 2.24) is 4.90 Å². The van der Waals surface area contributed by atoms with Crippen molar-refractivity contribution in [3.05, 3.63) is 30.3 Å². The lowest BCUT2D eigenvalue weighted by molar-refractivity contribution is 0.329. The van der Waals surface area contributed by atoms with Crippen LogP contribution in [0.25, 0.3) is 0 Å². The molecular weight excluding hydrogens is 210 g/mol. The summed E-state index contributed by atoms with van der Waals surface area (Å²) in [5.74, 6) is 0. The van der Waals surface area contributed by atoms with E-state index in [4.69, 9.17) is 11.6 Å². The number of halogens is 1. The fraction of sp³-hybridized carbons (Fsp3) is 0.455. The highest BCUT2D eigenvalue weighted by atomic mass is 35.5. The Balaban J connectivity index is 2.52. The van der Waals surface area contributed by atoms with Crippen LogP contribution in [0.15, 0.2) is 30.3 Å². The predicted molar refractivity (Wildman–Crippen MR) is 67.2 cm³/mol. The van der Waals surface area contributed by atoms with Crippen LogP contribution in [0.3, 0.4) is 0 Å². The fourth-order valence-corrected chi connectivity index (χ4v) is 4.08. The molecule has 1 nitrogen and oxygen atoms in total. The molecule has 0 spiro atoms. The molecule has 0 aliphatic carbocycles. The Morgan fingerprint density at radius 2 is 1.79 bits per heavy atom. The van der Waals surface area contributed by atoms with Crippen LogP contribution in [-0.2, 0) is 0 Å². The van der Waals surface area contributed by atoms with E-state index in [9.17, 15) is 0 Å². The standard InChI is InChI=1S/C11H18ClNSi/c1-3-13(4-2)11(12)14-10-8-6-5-7-9-10/h5-9,11H,3-4,14H2,1-2H3. The van der Waals surface area contributed by atoms with Crippen molar-refractivity contribution in [2.45, 2.75) is 19.0 Å². The second-order valence-corrected chi connectivity index (χ2v) is 6.36. The third-order valence-electron chi connectivity index (χ3n) is 2.46. The molecule has 0 bridgehead atoms. The number of benzene rings is 1. The average Bonchev–Trinajstić information content (AvgIpc) is 2.21. The first kappa shape index (κ1) is 11.8. The van der Waals surface area contributed by atoms with Gasteiger partial charge in [0.2, 0.25) is 0 Å². The zero-order valence-corrected chi connectivity index (χ0v) is 11.1. The highest BCUT2D eigenvalue weighted by molar-refractivity contribution is 6.64. The molecular formula is C11H18ClNSi. The van der Waals surface area contributed by atoms with Crippen molar-refractivity contribution in [3.63, 3.8) is 0 Å². The Bertz CT molecular complexity index is 249. The Kier molecular flexibility index (Phi) is 5.23. The molecule has 0 N–H and O–H groups in total. The third kappa shape index (κ3) is 3.44. The van der Waals surface area contributed by atoms with Gasteiger partial charge in [-0.25, -0.2) is 0 Å². The van der Waals surface area contributed by atoms with Crippen LogP contribution < -0.4 is 5.19 Å². The van der Waals surface area contributed by atoms with Gasteiger partial charge in [-0.2, -0.15) is 0 Å². The minimum atomic E-state index is -0.365. The van der Waals surface area contributed by atoms with Crippen LogP contribution in [0.2, 0.25) is 0 Å². The van der Waals surface area contributed by atoms with Gasteiger partial charge in [0.1, 0.15) is 0 Å². The molecule has 0 aromatic heterocycles. The number of hydrogen-bond acceptors (Lipinski definition) is 1. The van der Waals surface area contributed by atoms with Gasteiger partial charge in [-0.05, 0) is 13.1 Å². The summed E-state index contributed by atoms with van der Waals surface area (Å²) >= 11 is 6.37. The second-order valence-electron chi connectivity index (χ2n) is 3.35. The van der Waals surface area contributed by atoms with Gasteiger partial charge >= 0.3 is 0 Å². The Morgan fingerprint density at radius 3 is 2.29 bits per heavy atom. The highest BCUT2D eigenvalue weighted by Gasteiger charge is 2.12. The molecule has 0 aliphatic heterocycles. The lowest BCUT2D eigenvalue weighted by atomic mass is 10.4. The molecule has 0 heterocycles. The maximum Gasteiger partial charge on any atom is 0.0930 e. The molecule has 1 atom stereocenters. The van der Waals surface area contributed by atoms with Crippen molar-refractivity contribution < 1.29 is 0 Å². The lowest BCUT2D eigenvalue weighted by Gasteiger charge is -2.24. The number of nitrogens with zero attached hydrogens (tertiary/aromatic N) is 1. The van der Waals surface area contributed by atoms with Gasteiger partial charge in [0.05, 0.1) is 14.6 Å². The summed E-state index contributed by atoms with van der Waals surface area (Å²) < 4.78 is 0. The first-order valence-corrected chi connectivity index (χ1v) is 7.16. The van der Waals surface area contributed by atoms with Gasteiger partial charge in [-0.15, -0.1) is 11.6 Å². The molecule has 0 amide bonds. The van der Waals surface area contributed by atoms with Gasteiger partial charge in [0, 0.05) is 0 Å². The molecule has 3 heteroatoms. The average molecular weight is 228 g/mol. The quantitative estimate of drug-likeness (QED) is 0.417. The molecule has 0 radical (unpaired) electrons. The summed E-state index contributed by atoms with van der Waals surface area (Å²) in [6.45, 7) is 6.42. The zero-order valence-electron chi connectivity index (χ0n) is 8.91. The SMILES string of the molecule is CCN(CC)C(Cl)[SiH2]c1ccccc1. The van der Waals surface area contributed by atoms with E-state index in [0.29, 0.717) is 0 Å². The molecule has 0 saturated heterocycles. The van der Waals surface area contributed by atoms with Crippen LogP contribution >= 0.6 is 11.6 Å². The largest absolute Gasteiger partial charge is 0.291 e. The maximum atomic E-state index is 6.37. The summed E-state index contributed by atoms with van der Waals surface area (Å²) in [7, 11) is -0.365. The van der Waals surface area contributed by atoms with E-state index < -0.39 is 0 Å². The van der Waals surface area contributed by atoms with Gasteiger partial charge in [0.15, 0.2) is 0 Å². The lowest BCUT2D eigenvalue weighted by Crippen LogP contribution is -2.39. The van der Waals surface area contributed by atoms with E-state index >= 15 is 0 Å². The van der Waals surface area contributed by atoms with E-state index in [1.807, 2.05) is 0 Å². The van der Waals surface area contributed by atoms with E-state index in [2.05, 4.69) is 49.1 Å². The minimum absolute atomic E-state index is 0.257. The van der Waals surface area contributed by atoms with E-state index in [-0.39, 0.29) is 14.6 Å². The first-order valence-electron chi connectivity index (χ1n) is 5.20. The topological polar surface area (TPSA) is 3.24 Å². The molecule has 78 valence electrons. The van der Waals surface area contributed by atoms with Crippen molar-refractivity contribution in [3.8, 4) is 0 Å². The van der Waals surface area contributed by atoms with E-state index in [1.54, 1.807) is 0 Å². The Hall–Kier alpha value is -0.313. The molecule has 0 aliphatic rings. The van der Waals surface area contributed by atoms with Crippen LogP contribution in [0.1, 0.15) is 13.8 Å².